The topological polar surface area (TPSA) is 34.1 Å². The Balaban J connectivity index is 2.94. The highest BCUT2D eigenvalue weighted by Crippen LogP contribution is 2.57. The van der Waals surface area contributed by atoms with Crippen LogP contribution in [0.15, 0.2) is 11.6 Å². The molecule has 1 atom stereocenters. The second kappa shape index (κ2) is 5.16. The highest BCUT2D eigenvalue weighted by Gasteiger charge is 2.46. The minimum atomic E-state index is 0.0728. The van der Waals surface area contributed by atoms with Crippen molar-refractivity contribution in [1.29, 1.82) is 0 Å². The summed E-state index contributed by atoms with van der Waals surface area (Å²) in [5.41, 5.74) is 1.45. The van der Waals surface area contributed by atoms with Crippen molar-refractivity contribution in [3.05, 3.63) is 11.6 Å². The Morgan fingerprint density at radius 1 is 1.18 bits per heavy atom. The van der Waals surface area contributed by atoms with Gasteiger partial charge in [-0.25, -0.2) is 0 Å². The molecule has 2 heteroatoms. The van der Waals surface area contributed by atoms with Gasteiger partial charge < -0.3 is 4.79 Å². The van der Waals surface area contributed by atoms with Gasteiger partial charge in [0.25, 0.3) is 0 Å². The summed E-state index contributed by atoms with van der Waals surface area (Å²) < 4.78 is 0. The Labute approximate surface area is 104 Å². The molecule has 0 aromatic rings. The third-order valence-electron chi connectivity index (χ3n) is 4.70. The van der Waals surface area contributed by atoms with E-state index in [1.165, 1.54) is 12.8 Å². The van der Waals surface area contributed by atoms with Crippen LogP contribution in [0.1, 0.15) is 59.8 Å². The van der Waals surface area contributed by atoms with E-state index in [9.17, 15) is 9.59 Å². The van der Waals surface area contributed by atoms with E-state index in [0.29, 0.717) is 6.42 Å². The molecule has 0 aromatic carbocycles. The van der Waals surface area contributed by atoms with E-state index < -0.39 is 0 Å². The smallest absolute Gasteiger partial charge is 0.142 e. The third kappa shape index (κ3) is 2.85. The van der Waals surface area contributed by atoms with Gasteiger partial charge in [0.15, 0.2) is 0 Å². The standard InChI is InChI=1S/C15H24O2/c1-12(17)6-7-13(8-11-16)15(4)10-5-9-14(15,2)3/h8,11H,5-7,9-10H2,1-4H3/b13-8-. The van der Waals surface area contributed by atoms with Crippen LogP contribution < -0.4 is 0 Å². The van der Waals surface area contributed by atoms with Crippen LogP contribution in [0.5, 0.6) is 0 Å². The summed E-state index contributed by atoms with van der Waals surface area (Å²) in [5, 5.41) is 0. The van der Waals surface area contributed by atoms with Crippen molar-refractivity contribution in [2.75, 3.05) is 0 Å². The molecule has 1 aliphatic rings. The Morgan fingerprint density at radius 3 is 2.24 bits per heavy atom. The number of carbonyl (C=O) groups excluding carboxylic acids is 2. The number of hydrogen-bond acceptors (Lipinski definition) is 2. The van der Waals surface area contributed by atoms with Crippen LogP contribution in [0.4, 0.5) is 0 Å². The molecule has 0 N–H and O–H groups in total. The molecule has 1 fully saturated rings. The van der Waals surface area contributed by atoms with E-state index in [2.05, 4.69) is 20.8 Å². The second-order valence-corrected chi connectivity index (χ2v) is 6.10. The lowest BCUT2D eigenvalue weighted by Gasteiger charge is -2.41. The zero-order chi connectivity index (χ0) is 13.1. The average molecular weight is 236 g/mol. The third-order valence-corrected chi connectivity index (χ3v) is 4.70. The molecule has 0 amide bonds. The van der Waals surface area contributed by atoms with Crippen molar-refractivity contribution in [1.82, 2.24) is 0 Å². The Hall–Kier alpha value is -0.920. The number of carbonyl (C=O) groups is 2. The highest BCUT2D eigenvalue weighted by molar-refractivity contribution is 5.76. The van der Waals surface area contributed by atoms with Crippen LogP contribution in [-0.2, 0) is 9.59 Å². The molecule has 1 rings (SSSR count). The summed E-state index contributed by atoms with van der Waals surface area (Å²) in [6.45, 7) is 8.40. The molecular formula is C15H24O2. The van der Waals surface area contributed by atoms with Gasteiger partial charge in [-0.05, 0) is 43.1 Å². The molecule has 2 nitrogen and oxygen atoms in total. The van der Waals surface area contributed by atoms with E-state index in [4.69, 9.17) is 0 Å². The van der Waals surface area contributed by atoms with Crippen molar-refractivity contribution in [2.24, 2.45) is 10.8 Å². The Bertz CT molecular complexity index is 339. The minimum absolute atomic E-state index is 0.0728. The SMILES string of the molecule is CC(=O)CC/C(=C/C=O)C1(C)CCCC1(C)C. The van der Waals surface area contributed by atoms with Crippen LogP contribution >= 0.6 is 0 Å². The molecule has 0 radical (unpaired) electrons. The fourth-order valence-electron chi connectivity index (χ4n) is 3.03. The van der Waals surface area contributed by atoms with E-state index in [1.54, 1.807) is 13.0 Å². The predicted octanol–water partition coefficient (Wildman–Crippen LogP) is 3.70. The number of ketones is 1. The first kappa shape index (κ1) is 14.1. The fraction of sp³-hybridized carbons (Fsp3) is 0.733. The second-order valence-electron chi connectivity index (χ2n) is 6.10. The summed E-state index contributed by atoms with van der Waals surface area (Å²) in [4.78, 5) is 21.9. The summed E-state index contributed by atoms with van der Waals surface area (Å²) in [5.74, 6) is 0.196. The van der Waals surface area contributed by atoms with Gasteiger partial charge >= 0.3 is 0 Å². The summed E-state index contributed by atoms with van der Waals surface area (Å²) in [6.07, 6.45) is 7.36. The molecular weight excluding hydrogens is 212 g/mol. The summed E-state index contributed by atoms with van der Waals surface area (Å²) in [7, 11) is 0. The first-order valence-corrected chi connectivity index (χ1v) is 6.48. The fourth-order valence-corrected chi connectivity index (χ4v) is 3.03. The van der Waals surface area contributed by atoms with Gasteiger partial charge in [0.05, 0.1) is 0 Å². The van der Waals surface area contributed by atoms with Gasteiger partial charge in [-0.3, -0.25) is 4.79 Å². The largest absolute Gasteiger partial charge is 0.300 e. The quantitative estimate of drug-likeness (QED) is 0.539. The number of allylic oxidation sites excluding steroid dienone is 2. The van der Waals surface area contributed by atoms with Crippen LogP contribution in [0.25, 0.3) is 0 Å². The number of Topliss-reactive ketones (excluding diaryl/α,β-unsaturated/α-hetero) is 1. The monoisotopic (exact) mass is 236 g/mol. The first-order valence-electron chi connectivity index (χ1n) is 6.48. The average Bonchev–Trinajstić information content (AvgIpc) is 2.49. The summed E-state index contributed by atoms with van der Waals surface area (Å²) >= 11 is 0. The zero-order valence-corrected chi connectivity index (χ0v) is 11.5. The van der Waals surface area contributed by atoms with Gasteiger partial charge in [-0.1, -0.05) is 32.8 Å². The molecule has 1 saturated carbocycles. The Morgan fingerprint density at radius 2 is 1.82 bits per heavy atom. The molecule has 0 spiro atoms. The van der Waals surface area contributed by atoms with Crippen LogP contribution in [0.2, 0.25) is 0 Å². The summed E-state index contributed by atoms with van der Waals surface area (Å²) in [6, 6.07) is 0. The van der Waals surface area contributed by atoms with Gasteiger partial charge in [-0.2, -0.15) is 0 Å². The van der Waals surface area contributed by atoms with Crippen LogP contribution in [0.3, 0.4) is 0 Å². The zero-order valence-electron chi connectivity index (χ0n) is 11.5. The van der Waals surface area contributed by atoms with Crippen LogP contribution in [0, 0.1) is 10.8 Å². The van der Waals surface area contributed by atoms with Gasteiger partial charge in [0.2, 0.25) is 0 Å². The molecule has 1 aliphatic carbocycles. The molecule has 0 aliphatic heterocycles. The van der Waals surface area contributed by atoms with Gasteiger partial charge in [0, 0.05) is 6.42 Å². The van der Waals surface area contributed by atoms with Crippen LogP contribution in [-0.4, -0.2) is 12.1 Å². The van der Waals surface area contributed by atoms with E-state index in [1.807, 2.05) is 0 Å². The van der Waals surface area contributed by atoms with Crippen molar-refractivity contribution in [2.45, 2.75) is 59.8 Å². The lowest BCUT2D eigenvalue weighted by Crippen LogP contribution is -2.32. The predicted molar refractivity (Wildman–Crippen MR) is 69.8 cm³/mol. The molecule has 1 unspecified atom stereocenters. The minimum Gasteiger partial charge on any atom is -0.300 e. The number of rotatable bonds is 5. The normalized spacial score (nSPS) is 28.1. The molecule has 17 heavy (non-hydrogen) atoms. The van der Waals surface area contributed by atoms with Gasteiger partial charge in [-0.15, -0.1) is 0 Å². The highest BCUT2D eigenvalue weighted by atomic mass is 16.1. The molecule has 96 valence electrons. The number of aldehydes is 1. The first-order chi connectivity index (χ1) is 7.83. The van der Waals surface area contributed by atoms with Crippen molar-refractivity contribution in [3.63, 3.8) is 0 Å². The maximum absolute atomic E-state index is 11.1. The lowest BCUT2D eigenvalue weighted by atomic mass is 9.64. The maximum Gasteiger partial charge on any atom is 0.142 e. The Kier molecular flexibility index (Phi) is 4.29. The molecule has 0 saturated heterocycles. The lowest BCUT2D eigenvalue weighted by molar-refractivity contribution is -0.117. The van der Waals surface area contributed by atoms with Crippen molar-refractivity contribution in [3.8, 4) is 0 Å². The van der Waals surface area contributed by atoms with Gasteiger partial charge in [0.1, 0.15) is 12.1 Å². The van der Waals surface area contributed by atoms with E-state index in [0.717, 1.165) is 24.7 Å². The maximum atomic E-state index is 11.1. The van der Waals surface area contributed by atoms with Crippen molar-refractivity contribution >= 4 is 12.1 Å². The molecule has 0 aromatic heterocycles. The molecule has 0 heterocycles. The molecule has 0 bridgehead atoms. The van der Waals surface area contributed by atoms with E-state index in [-0.39, 0.29) is 16.6 Å². The van der Waals surface area contributed by atoms with E-state index >= 15 is 0 Å². The van der Waals surface area contributed by atoms with Crippen molar-refractivity contribution < 1.29 is 9.59 Å². The number of hydrogen-bond donors (Lipinski definition) is 0.